The van der Waals surface area contributed by atoms with Gasteiger partial charge in [0.25, 0.3) is 0 Å². The SMILES string of the molecule is CNC(=O)C(C)CN(C)C(CN)c1cccc(OC)c1. The van der Waals surface area contributed by atoms with Gasteiger partial charge in [0, 0.05) is 32.1 Å². The standard InChI is InChI=1S/C15H25N3O2/c1-11(15(19)17-2)10-18(3)14(9-16)12-6-5-7-13(8-12)20-4/h5-8,11,14H,9-10,16H2,1-4H3,(H,17,19). The Morgan fingerprint density at radius 1 is 1.50 bits per heavy atom. The first-order chi connectivity index (χ1) is 9.53. The summed E-state index contributed by atoms with van der Waals surface area (Å²) in [4.78, 5) is 13.7. The molecule has 0 heterocycles. The van der Waals surface area contributed by atoms with Gasteiger partial charge in [0.2, 0.25) is 5.91 Å². The molecule has 0 aliphatic carbocycles. The molecule has 20 heavy (non-hydrogen) atoms. The summed E-state index contributed by atoms with van der Waals surface area (Å²) in [5.41, 5.74) is 6.99. The first kappa shape index (κ1) is 16.5. The summed E-state index contributed by atoms with van der Waals surface area (Å²) in [5.74, 6) is 0.775. The van der Waals surface area contributed by atoms with Crippen LogP contribution in [-0.2, 0) is 4.79 Å². The van der Waals surface area contributed by atoms with Gasteiger partial charge in [0.05, 0.1) is 7.11 Å². The van der Waals surface area contributed by atoms with E-state index < -0.39 is 0 Å². The molecule has 0 fully saturated rings. The molecule has 5 heteroatoms. The van der Waals surface area contributed by atoms with Gasteiger partial charge < -0.3 is 15.8 Å². The summed E-state index contributed by atoms with van der Waals surface area (Å²) in [5, 5.41) is 2.67. The highest BCUT2D eigenvalue weighted by molar-refractivity contribution is 5.78. The minimum atomic E-state index is -0.0790. The molecule has 1 rings (SSSR count). The number of carbonyl (C=O) groups excluding carboxylic acids is 1. The second-order valence-corrected chi connectivity index (χ2v) is 4.98. The van der Waals surface area contributed by atoms with Crippen LogP contribution in [0.2, 0.25) is 0 Å². The highest BCUT2D eigenvalue weighted by Crippen LogP contribution is 2.23. The van der Waals surface area contributed by atoms with Gasteiger partial charge in [-0.1, -0.05) is 19.1 Å². The Kier molecular flexibility index (Phi) is 6.48. The lowest BCUT2D eigenvalue weighted by Gasteiger charge is -2.29. The van der Waals surface area contributed by atoms with Crippen LogP contribution in [0.5, 0.6) is 5.75 Å². The molecular weight excluding hydrogens is 254 g/mol. The van der Waals surface area contributed by atoms with Crippen LogP contribution in [0.15, 0.2) is 24.3 Å². The number of nitrogens with one attached hydrogen (secondary N) is 1. The highest BCUT2D eigenvalue weighted by atomic mass is 16.5. The van der Waals surface area contributed by atoms with E-state index in [0.29, 0.717) is 13.1 Å². The number of benzene rings is 1. The number of ether oxygens (including phenoxy) is 1. The molecule has 2 unspecified atom stereocenters. The lowest BCUT2D eigenvalue weighted by molar-refractivity contribution is -0.124. The van der Waals surface area contributed by atoms with Crippen LogP contribution in [0.3, 0.4) is 0 Å². The molecule has 5 nitrogen and oxygen atoms in total. The number of nitrogens with two attached hydrogens (primary N) is 1. The molecule has 0 aliphatic rings. The van der Waals surface area contributed by atoms with Crippen molar-refractivity contribution in [1.29, 1.82) is 0 Å². The van der Waals surface area contributed by atoms with E-state index in [1.807, 2.05) is 38.2 Å². The summed E-state index contributed by atoms with van der Waals surface area (Å²) < 4.78 is 5.24. The molecule has 112 valence electrons. The maximum Gasteiger partial charge on any atom is 0.223 e. The zero-order chi connectivity index (χ0) is 15.1. The van der Waals surface area contributed by atoms with E-state index in [1.54, 1.807) is 14.2 Å². The van der Waals surface area contributed by atoms with Gasteiger partial charge in [-0.15, -0.1) is 0 Å². The summed E-state index contributed by atoms with van der Waals surface area (Å²) in [6.07, 6.45) is 0. The van der Waals surface area contributed by atoms with Gasteiger partial charge in [-0.2, -0.15) is 0 Å². The number of carbonyl (C=O) groups is 1. The second kappa shape index (κ2) is 7.87. The molecule has 0 spiro atoms. The van der Waals surface area contributed by atoms with Crippen molar-refractivity contribution in [1.82, 2.24) is 10.2 Å². The summed E-state index contributed by atoms with van der Waals surface area (Å²) >= 11 is 0. The van der Waals surface area contributed by atoms with E-state index in [2.05, 4.69) is 10.2 Å². The molecule has 0 radical (unpaired) electrons. The average Bonchev–Trinajstić information content (AvgIpc) is 2.47. The molecule has 1 aromatic carbocycles. The van der Waals surface area contributed by atoms with Crippen molar-refractivity contribution >= 4 is 5.91 Å². The summed E-state index contributed by atoms with van der Waals surface area (Å²) in [6.45, 7) is 3.05. The number of hydrogen-bond donors (Lipinski definition) is 2. The fourth-order valence-corrected chi connectivity index (χ4v) is 2.31. The van der Waals surface area contributed by atoms with Gasteiger partial charge in [-0.25, -0.2) is 0 Å². The van der Waals surface area contributed by atoms with Crippen LogP contribution in [0, 0.1) is 5.92 Å². The van der Waals surface area contributed by atoms with Crippen molar-refractivity contribution in [3.05, 3.63) is 29.8 Å². The molecule has 2 atom stereocenters. The third kappa shape index (κ3) is 4.21. The van der Waals surface area contributed by atoms with E-state index in [1.165, 1.54) is 0 Å². The predicted molar refractivity (Wildman–Crippen MR) is 80.7 cm³/mol. The van der Waals surface area contributed by atoms with Crippen LogP contribution in [0.4, 0.5) is 0 Å². The quantitative estimate of drug-likeness (QED) is 0.781. The highest BCUT2D eigenvalue weighted by Gasteiger charge is 2.20. The zero-order valence-electron chi connectivity index (χ0n) is 12.7. The fourth-order valence-electron chi connectivity index (χ4n) is 2.31. The van der Waals surface area contributed by atoms with Crippen LogP contribution >= 0.6 is 0 Å². The number of methoxy groups -OCH3 is 1. The predicted octanol–water partition coefficient (Wildman–Crippen LogP) is 1.01. The number of likely N-dealkylation sites (N-methyl/N-ethyl adjacent to an activating group) is 1. The summed E-state index contributed by atoms with van der Waals surface area (Å²) in [7, 11) is 5.28. The zero-order valence-corrected chi connectivity index (χ0v) is 12.7. The minimum Gasteiger partial charge on any atom is -0.497 e. The first-order valence-corrected chi connectivity index (χ1v) is 6.79. The van der Waals surface area contributed by atoms with Crippen molar-refractivity contribution in [3.8, 4) is 5.75 Å². The maximum atomic E-state index is 11.6. The summed E-state index contributed by atoms with van der Waals surface area (Å²) in [6, 6.07) is 7.94. The van der Waals surface area contributed by atoms with Crippen molar-refractivity contribution in [2.24, 2.45) is 11.7 Å². The van der Waals surface area contributed by atoms with Crippen molar-refractivity contribution in [2.75, 3.05) is 34.3 Å². The van der Waals surface area contributed by atoms with Crippen molar-refractivity contribution < 1.29 is 9.53 Å². The average molecular weight is 279 g/mol. The largest absolute Gasteiger partial charge is 0.497 e. The molecule has 0 saturated carbocycles. The van der Waals surface area contributed by atoms with Gasteiger partial charge in [-0.3, -0.25) is 9.69 Å². The molecular formula is C15H25N3O2. The third-order valence-corrected chi connectivity index (χ3v) is 3.49. The van der Waals surface area contributed by atoms with E-state index in [0.717, 1.165) is 11.3 Å². The normalized spacial score (nSPS) is 13.9. The van der Waals surface area contributed by atoms with Gasteiger partial charge in [0.1, 0.15) is 5.75 Å². The molecule has 3 N–H and O–H groups in total. The Bertz CT molecular complexity index is 437. The van der Waals surface area contributed by atoms with E-state index in [-0.39, 0.29) is 17.9 Å². The molecule has 0 bridgehead atoms. The topological polar surface area (TPSA) is 67.6 Å². The van der Waals surface area contributed by atoms with E-state index in [9.17, 15) is 4.79 Å². The van der Waals surface area contributed by atoms with Gasteiger partial charge >= 0.3 is 0 Å². The first-order valence-electron chi connectivity index (χ1n) is 6.79. The molecule has 0 aromatic heterocycles. The molecule has 1 amide bonds. The second-order valence-electron chi connectivity index (χ2n) is 4.98. The fraction of sp³-hybridized carbons (Fsp3) is 0.533. The van der Waals surface area contributed by atoms with Gasteiger partial charge in [-0.05, 0) is 24.7 Å². The lowest BCUT2D eigenvalue weighted by Crippen LogP contribution is -2.38. The third-order valence-electron chi connectivity index (χ3n) is 3.49. The Labute approximate surface area is 121 Å². The van der Waals surface area contributed by atoms with Crippen LogP contribution in [0.1, 0.15) is 18.5 Å². The maximum absolute atomic E-state index is 11.6. The minimum absolute atomic E-state index is 0.0401. The monoisotopic (exact) mass is 279 g/mol. The molecule has 0 aliphatic heterocycles. The number of nitrogens with zero attached hydrogens (tertiary/aromatic N) is 1. The Morgan fingerprint density at radius 2 is 2.20 bits per heavy atom. The van der Waals surface area contributed by atoms with E-state index >= 15 is 0 Å². The Balaban J connectivity index is 2.81. The van der Waals surface area contributed by atoms with Gasteiger partial charge in [0.15, 0.2) is 0 Å². The van der Waals surface area contributed by atoms with Crippen LogP contribution in [-0.4, -0.2) is 45.1 Å². The van der Waals surface area contributed by atoms with Crippen LogP contribution in [0.25, 0.3) is 0 Å². The lowest BCUT2D eigenvalue weighted by atomic mass is 10.0. The Morgan fingerprint density at radius 3 is 2.75 bits per heavy atom. The van der Waals surface area contributed by atoms with Crippen molar-refractivity contribution in [3.63, 3.8) is 0 Å². The number of hydrogen-bond acceptors (Lipinski definition) is 4. The Hall–Kier alpha value is -1.59. The molecule has 0 saturated heterocycles. The number of amides is 1. The van der Waals surface area contributed by atoms with E-state index in [4.69, 9.17) is 10.5 Å². The van der Waals surface area contributed by atoms with Crippen molar-refractivity contribution in [2.45, 2.75) is 13.0 Å². The van der Waals surface area contributed by atoms with Crippen LogP contribution < -0.4 is 15.8 Å². The number of rotatable bonds is 7. The molecule has 1 aromatic rings. The smallest absolute Gasteiger partial charge is 0.223 e.